The molecule has 1 aliphatic rings. The maximum absolute atomic E-state index is 3.76. The van der Waals surface area contributed by atoms with Gasteiger partial charge in [0.25, 0.3) is 0 Å². The molecule has 1 aromatic rings. The molecule has 1 N–H and O–H groups in total. The number of nitrogens with zero attached hydrogens (tertiary/aromatic N) is 1. The maximum Gasteiger partial charge on any atom is 0.0438 e. The lowest BCUT2D eigenvalue weighted by Gasteiger charge is -2.45. The SMILES string of the molecule is Cc1ccc(Br)cc1N1CC(CC(C)C)NCC1C(C)C. The molecule has 0 radical (unpaired) electrons. The van der Waals surface area contributed by atoms with Gasteiger partial charge >= 0.3 is 0 Å². The molecule has 118 valence electrons. The number of anilines is 1. The zero-order chi connectivity index (χ0) is 15.6. The summed E-state index contributed by atoms with van der Waals surface area (Å²) in [7, 11) is 0. The number of nitrogens with one attached hydrogen (secondary N) is 1. The normalized spacial score (nSPS) is 23.1. The largest absolute Gasteiger partial charge is 0.365 e. The molecule has 1 heterocycles. The Labute approximate surface area is 138 Å². The monoisotopic (exact) mass is 352 g/mol. The van der Waals surface area contributed by atoms with Crippen LogP contribution in [0, 0.1) is 18.8 Å². The summed E-state index contributed by atoms with van der Waals surface area (Å²) >= 11 is 3.63. The predicted molar refractivity (Wildman–Crippen MR) is 96.1 cm³/mol. The zero-order valence-corrected chi connectivity index (χ0v) is 15.6. The third-order valence-corrected chi connectivity index (χ3v) is 4.93. The minimum absolute atomic E-state index is 0.571. The molecule has 0 spiro atoms. The number of aryl methyl sites for hydroxylation is 1. The molecular weight excluding hydrogens is 324 g/mol. The lowest BCUT2D eigenvalue weighted by molar-refractivity contribution is 0.310. The summed E-state index contributed by atoms with van der Waals surface area (Å²) in [5, 5.41) is 3.76. The van der Waals surface area contributed by atoms with Crippen molar-refractivity contribution >= 4 is 21.6 Å². The van der Waals surface area contributed by atoms with Crippen LogP contribution < -0.4 is 10.2 Å². The Bertz CT molecular complexity index is 470. The highest BCUT2D eigenvalue weighted by atomic mass is 79.9. The van der Waals surface area contributed by atoms with Crippen LogP contribution in [0.3, 0.4) is 0 Å². The summed E-state index contributed by atoms with van der Waals surface area (Å²) in [6.45, 7) is 13.7. The fourth-order valence-corrected chi connectivity index (χ4v) is 3.68. The molecule has 0 aromatic heterocycles. The number of halogens is 1. The van der Waals surface area contributed by atoms with Crippen molar-refractivity contribution in [3.63, 3.8) is 0 Å². The first-order valence-corrected chi connectivity index (χ1v) is 8.94. The van der Waals surface area contributed by atoms with Crippen LogP contribution in [0.4, 0.5) is 5.69 Å². The van der Waals surface area contributed by atoms with E-state index in [-0.39, 0.29) is 0 Å². The molecule has 1 aromatic carbocycles. The lowest BCUT2D eigenvalue weighted by Crippen LogP contribution is -2.59. The standard InChI is InChI=1S/C18H29BrN2/c1-12(2)8-16-11-21(18(10-20-16)13(3)4)17-9-15(19)7-6-14(17)5/h6-7,9,12-13,16,18,20H,8,10-11H2,1-5H3. The van der Waals surface area contributed by atoms with Crippen molar-refractivity contribution in [1.82, 2.24) is 5.32 Å². The fourth-order valence-electron chi connectivity index (χ4n) is 3.33. The molecule has 21 heavy (non-hydrogen) atoms. The van der Waals surface area contributed by atoms with Gasteiger partial charge in [-0.2, -0.15) is 0 Å². The smallest absolute Gasteiger partial charge is 0.0438 e. The maximum atomic E-state index is 3.76. The van der Waals surface area contributed by atoms with E-state index in [9.17, 15) is 0 Å². The van der Waals surface area contributed by atoms with E-state index >= 15 is 0 Å². The fraction of sp³-hybridized carbons (Fsp3) is 0.667. The van der Waals surface area contributed by atoms with Gasteiger partial charge in [0.15, 0.2) is 0 Å². The van der Waals surface area contributed by atoms with Crippen LogP contribution in [-0.4, -0.2) is 25.2 Å². The van der Waals surface area contributed by atoms with E-state index in [0.29, 0.717) is 18.0 Å². The van der Waals surface area contributed by atoms with E-state index in [4.69, 9.17) is 0 Å². The summed E-state index contributed by atoms with van der Waals surface area (Å²) in [5.74, 6) is 1.39. The highest BCUT2D eigenvalue weighted by Gasteiger charge is 2.30. The van der Waals surface area contributed by atoms with E-state index in [1.54, 1.807) is 0 Å². The number of hydrogen-bond donors (Lipinski definition) is 1. The first kappa shape index (κ1) is 16.8. The van der Waals surface area contributed by atoms with Crippen molar-refractivity contribution in [3.8, 4) is 0 Å². The van der Waals surface area contributed by atoms with Gasteiger partial charge in [-0.05, 0) is 42.9 Å². The molecule has 2 nitrogen and oxygen atoms in total. The molecule has 0 saturated carbocycles. The minimum atomic E-state index is 0.571. The molecule has 3 heteroatoms. The molecule has 2 unspecified atom stereocenters. The van der Waals surface area contributed by atoms with Crippen LogP contribution in [0.1, 0.15) is 39.7 Å². The summed E-state index contributed by atoms with van der Waals surface area (Å²) in [6, 6.07) is 7.80. The molecule has 1 aliphatic heterocycles. The van der Waals surface area contributed by atoms with E-state index in [1.165, 1.54) is 22.1 Å². The Balaban J connectivity index is 2.27. The van der Waals surface area contributed by atoms with Gasteiger partial charge < -0.3 is 10.2 Å². The molecule has 0 aliphatic carbocycles. The second kappa shape index (κ2) is 7.15. The molecule has 2 atom stereocenters. The van der Waals surface area contributed by atoms with Gasteiger partial charge in [-0.1, -0.05) is 49.7 Å². The van der Waals surface area contributed by atoms with Crippen LogP contribution in [0.5, 0.6) is 0 Å². The Kier molecular flexibility index (Phi) is 5.73. The lowest BCUT2D eigenvalue weighted by atomic mass is 9.94. The number of hydrogen-bond acceptors (Lipinski definition) is 2. The zero-order valence-electron chi connectivity index (χ0n) is 14.0. The molecule has 1 saturated heterocycles. The topological polar surface area (TPSA) is 15.3 Å². The predicted octanol–water partition coefficient (Wildman–Crippen LogP) is 4.61. The van der Waals surface area contributed by atoms with Gasteiger partial charge in [0, 0.05) is 35.3 Å². The molecule has 2 rings (SSSR count). The van der Waals surface area contributed by atoms with E-state index in [2.05, 4.69) is 79.0 Å². The van der Waals surface area contributed by atoms with E-state index in [0.717, 1.165) is 19.0 Å². The third-order valence-electron chi connectivity index (χ3n) is 4.44. The van der Waals surface area contributed by atoms with Gasteiger partial charge in [-0.15, -0.1) is 0 Å². The second-order valence-corrected chi connectivity index (χ2v) is 8.04. The van der Waals surface area contributed by atoms with Crippen molar-refractivity contribution in [2.75, 3.05) is 18.0 Å². The van der Waals surface area contributed by atoms with Gasteiger partial charge in [-0.25, -0.2) is 0 Å². The van der Waals surface area contributed by atoms with Crippen LogP contribution in [-0.2, 0) is 0 Å². The van der Waals surface area contributed by atoms with E-state index < -0.39 is 0 Å². The highest BCUT2D eigenvalue weighted by molar-refractivity contribution is 9.10. The van der Waals surface area contributed by atoms with Crippen molar-refractivity contribution in [3.05, 3.63) is 28.2 Å². The average molecular weight is 353 g/mol. The Morgan fingerprint density at radius 2 is 2.00 bits per heavy atom. The first-order chi connectivity index (χ1) is 9.88. The summed E-state index contributed by atoms with van der Waals surface area (Å²) in [4.78, 5) is 2.63. The quantitative estimate of drug-likeness (QED) is 0.851. The Morgan fingerprint density at radius 1 is 1.29 bits per heavy atom. The van der Waals surface area contributed by atoms with Crippen molar-refractivity contribution in [2.24, 2.45) is 11.8 Å². The summed E-state index contributed by atoms with van der Waals surface area (Å²) in [5.41, 5.74) is 2.76. The molecular formula is C18H29BrN2. The Hall–Kier alpha value is -0.540. The summed E-state index contributed by atoms with van der Waals surface area (Å²) < 4.78 is 1.17. The van der Waals surface area contributed by atoms with Gasteiger partial charge in [0.1, 0.15) is 0 Å². The van der Waals surface area contributed by atoms with Crippen LogP contribution in [0.25, 0.3) is 0 Å². The van der Waals surface area contributed by atoms with Crippen molar-refractivity contribution in [1.29, 1.82) is 0 Å². The van der Waals surface area contributed by atoms with Gasteiger partial charge in [0.05, 0.1) is 0 Å². The van der Waals surface area contributed by atoms with Crippen molar-refractivity contribution < 1.29 is 0 Å². The Morgan fingerprint density at radius 3 is 2.62 bits per heavy atom. The number of benzene rings is 1. The second-order valence-electron chi connectivity index (χ2n) is 7.13. The third kappa shape index (κ3) is 4.23. The minimum Gasteiger partial charge on any atom is -0.365 e. The summed E-state index contributed by atoms with van der Waals surface area (Å²) in [6.07, 6.45) is 1.24. The highest BCUT2D eigenvalue weighted by Crippen LogP contribution is 2.30. The van der Waals surface area contributed by atoms with Crippen LogP contribution in [0.15, 0.2) is 22.7 Å². The number of rotatable bonds is 4. The molecule has 1 fully saturated rings. The van der Waals surface area contributed by atoms with E-state index in [1.807, 2.05) is 0 Å². The van der Waals surface area contributed by atoms with Crippen LogP contribution in [0.2, 0.25) is 0 Å². The first-order valence-electron chi connectivity index (χ1n) is 8.14. The van der Waals surface area contributed by atoms with Crippen molar-refractivity contribution in [2.45, 2.75) is 53.1 Å². The van der Waals surface area contributed by atoms with Gasteiger partial charge in [-0.3, -0.25) is 0 Å². The van der Waals surface area contributed by atoms with Crippen LogP contribution >= 0.6 is 15.9 Å². The molecule has 0 bridgehead atoms. The molecule has 0 amide bonds. The van der Waals surface area contributed by atoms with Gasteiger partial charge in [0.2, 0.25) is 0 Å². The number of piperazine rings is 1. The average Bonchev–Trinajstić information content (AvgIpc) is 2.40.